The molecule has 2 aromatic rings. The molecule has 2 aliphatic heterocycles. The quantitative estimate of drug-likeness (QED) is 0.663. The van der Waals surface area contributed by atoms with Gasteiger partial charge in [0.1, 0.15) is 6.54 Å². The zero-order valence-electron chi connectivity index (χ0n) is 14.9. The van der Waals surface area contributed by atoms with Crippen molar-refractivity contribution < 1.29 is 23.7 Å². The van der Waals surface area contributed by atoms with Gasteiger partial charge in [-0.25, -0.2) is 0 Å². The van der Waals surface area contributed by atoms with Gasteiger partial charge in [-0.05, 0) is 17.9 Å². The van der Waals surface area contributed by atoms with E-state index in [4.69, 9.17) is 9.47 Å². The average molecular weight is 389 g/mol. The van der Waals surface area contributed by atoms with Gasteiger partial charge in [0, 0.05) is 38.0 Å². The van der Waals surface area contributed by atoms with Gasteiger partial charge >= 0.3 is 5.69 Å². The van der Waals surface area contributed by atoms with Crippen LogP contribution in [0.15, 0.2) is 11.4 Å². The summed E-state index contributed by atoms with van der Waals surface area (Å²) in [6.45, 7) is 4.82. The zero-order chi connectivity index (χ0) is 18.4. The Balaban J connectivity index is 1.21. The Morgan fingerprint density at radius 3 is 2.78 bits per heavy atom. The van der Waals surface area contributed by atoms with Crippen LogP contribution in [0, 0.1) is 0 Å². The summed E-state index contributed by atoms with van der Waals surface area (Å²) in [6, 6.07) is 1.70. The third kappa shape index (κ3) is 2.85. The minimum Gasteiger partial charge on any atom is -0.347 e. The Hall–Kier alpha value is -1.94. The first-order valence-electron chi connectivity index (χ1n) is 9.32. The summed E-state index contributed by atoms with van der Waals surface area (Å²) in [7, 11) is 0. The summed E-state index contributed by atoms with van der Waals surface area (Å²) in [5, 5.41) is 8.73. The van der Waals surface area contributed by atoms with Crippen LogP contribution in [-0.4, -0.2) is 65.4 Å². The molecule has 5 rings (SSSR count). The number of carbonyl (C=O) groups is 2. The molecule has 0 amide bonds. The predicted octanol–water partition coefficient (Wildman–Crippen LogP) is 0.763. The van der Waals surface area contributed by atoms with Crippen LogP contribution in [-0.2, 0) is 16.0 Å². The van der Waals surface area contributed by atoms with Gasteiger partial charge in [0.05, 0.1) is 23.2 Å². The molecular formula is C18H21N4O4S+. The number of H-pyrrole nitrogens is 1. The number of nitrogens with zero attached hydrogens (tertiary/aromatic N) is 3. The van der Waals surface area contributed by atoms with Gasteiger partial charge in [-0.15, -0.1) is 11.3 Å². The highest BCUT2D eigenvalue weighted by Gasteiger charge is 2.42. The first kappa shape index (κ1) is 17.2. The van der Waals surface area contributed by atoms with Gasteiger partial charge in [-0.2, -0.15) is 4.68 Å². The number of ketones is 2. The van der Waals surface area contributed by atoms with E-state index in [1.54, 1.807) is 16.1 Å². The molecule has 8 nitrogen and oxygen atoms in total. The van der Waals surface area contributed by atoms with E-state index in [-0.39, 0.29) is 23.0 Å². The summed E-state index contributed by atoms with van der Waals surface area (Å²) in [4.78, 5) is 28.2. The van der Waals surface area contributed by atoms with E-state index in [0.29, 0.717) is 35.9 Å². The van der Waals surface area contributed by atoms with Crippen LogP contribution in [0.3, 0.4) is 0 Å². The molecule has 27 heavy (non-hydrogen) atoms. The molecule has 4 heterocycles. The van der Waals surface area contributed by atoms with Crippen molar-refractivity contribution >= 4 is 22.9 Å². The highest BCUT2D eigenvalue weighted by atomic mass is 32.1. The van der Waals surface area contributed by atoms with Crippen LogP contribution in [0.2, 0.25) is 0 Å². The maximum Gasteiger partial charge on any atom is 0.300 e. The van der Waals surface area contributed by atoms with Crippen molar-refractivity contribution in [1.82, 2.24) is 15.2 Å². The molecule has 1 spiro atoms. The highest BCUT2D eigenvalue weighted by molar-refractivity contribution is 7.12. The van der Waals surface area contributed by atoms with Crippen LogP contribution < -0.4 is 4.68 Å². The molecule has 0 bridgehead atoms. The third-order valence-electron chi connectivity index (χ3n) is 5.61. The molecule has 1 N–H and O–H groups in total. The fraction of sp³-hybridized carbons (Fsp3) is 0.556. The van der Waals surface area contributed by atoms with Crippen LogP contribution in [0.25, 0.3) is 0 Å². The summed E-state index contributed by atoms with van der Waals surface area (Å²) in [5.41, 5.74) is 1.09. The smallest absolute Gasteiger partial charge is 0.300 e. The van der Waals surface area contributed by atoms with Gasteiger partial charge in [-0.3, -0.25) is 9.59 Å². The maximum absolute atomic E-state index is 12.7. The molecule has 0 aromatic carbocycles. The van der Waals surface area contributed by atoms with Gasteiger partial charge < -0.3 is 14.4 Å². The van der Waals surface area contributed by atoms with Crippen LogP contribution in [0.1, 0.15) is 50.7 Å². The molecule has 0 unspecified atom stereocenters. The molecule has 142 valence electrons. The number of nitrogens with one attached hydrogen (secondary N) is 1. The standard InChI is InChI=1S/C18H20N4O4S/c23-15-12-2-11-27-17(12)16(24)14-13(15)19-20-22(14)6-1-5-21-7-3-18(4-8-21)25-9-10-26-18/h2,11H,1,3-10H2/p+1. The molecule has 3 aliphatic rings. The summed E-state index contributed by atoms with van der Waals surface area (Å²) in [5.74, 6) is -0.633. The summed E-state index contributed by atoms with van der Waals surface area (Å²) < 4.78 is 13.2. The average Bonchev–Trinajstić information content (AvgIpc) is 3.42. The van der Waals surface area contributed by atoms with E-state index >= 15 is 0 Å². The van der Waals surface area contributed by atoms with Gasteiger partial charge in [-0.1, -0.05) is 5.21 Å². The van der Waals surface area contributed by atoms with E-state index in [1.807, 2.05) is 0 Å². The number of ether oxygens (including phenoxy) is 2. The Kier molecular flexibility index (Phi) is 4.19. The van der Waals surface area contributed by atoms with Crippen molar-refractivity contribution in [2.24, 2.45) is 0 Å². The Morgan fingerprint density at radius 1 is 1.22 bits per heavy atom. The second-order valence-corrected chi connectivity index (χ2v) is 8.10. The Labute approximate surface area is 160 Å². The zero-order valence-corrected chi connectivity index (χ0v) is 15.7. The number of aromatic amines is 1. The van der Waals surface area contributed by atoms with Crippen molar-refractivity contribution in [2.45, 2.75) is 31.6 Å². The van der Waals surface area contributed by atoms with Crippen molar-refractivity contribution in [3.05, 3.63) is 33.3 Å². The number of rotatable bonds is 4. The minimum atomic E-state index is -0.348. The molecule has 9 heteroatoms. The topological polar surface area (TPSA) is 88.4 Å². The minimum absolute atomic E-state index is 0.112. The molecule has 2 aromatic heterocycles. The van der Waals surface area contributed by atoms with E-state index in [9.17, 15) is 9.59 Å². The van der Waals surface area contributed by atoms with E-state index in [2.05, 4.69) is 15.2 Å². The van der Waals surface area contributed by atoms with Crippen LogP contribution in [0.5, 0.6) is 0 Å². The first-order chi connectivity index (χ1) is 13.2. The maximum atomic E-state index is 12.7. The fourth-order valence-electron chi connectivity index (χ4n) is 4.15. The number of likely N-dealkylation sites (tertiary alicyclic amines) is 1. The number of aryl methyl sites for hydroxylation is 1. The normalized spacial score (nSPS) is 21.6. The molecule has 1 aliphatic carbocycles. The van der Waals surface area contributed by atoms with Crippen molar-refractivity contribution in [3.8, 4) is 0 Å². The lowest BCUT2D eigenvalue weighted by atomic mass is 9.97. The largest absolute Gasteiger partial charge is 0.347 e. The molecule has 0 radical (unpaired) electrons. The van der Waals surface area contributed by atoms with Crippen LogP contribution in [0.4, 0.5) is 0 Å². The second kappa shape index (κ2) is 6.59. The van der Waals surface area contributed by atoms with Gasteiger partial charge in [0.25, 0.3) is 5.69 Å². The number of carbonyl (C=O) groups excluding carboxylic acids is 2. The van der Waals surface area contributed by atoms with E-state index in [0.717, 1.165) is 38.9 Å². The fourth-order valence-corrected chi connectivity index (χ4v) is 4.98. The predicted molar refractivity (Wildman–Crippen MR) is 94.9 cm³/mol. The summed E-state index contributed by atoms with van der Waals surface area (Å²) in [6.07, 6.45) is 2.66. The monoisotopic (exact) mass is 389 g/mol. The third-order valence-corrected chi connectivity index (χ3v) is 6.52. The lowest BCUT2D eigenvalue weighted by Crippen LogP contribution is -2.47. The number of fused-ring (bicyclic) bond motifs is 2. The summed E-state index contributed by atoms with van der Waals surface area (Å²) >= 11 is 1.31. The number of hydrogen-bond acceptors (Lipinski definition) is 7. The molecule has 0 saturated carbocycles. The number of hydrogen-bond donors (Lipinski definition) is 1. The van der Waals surface area contributed by atoms with E-state index in [1.165, 1.54) is 11.3 Å². The van der Waals surface area contributed by atoms with Gasteiger partial charge in [0.15, 0.2) is 5.79 Å². The lowest BCUT2D eigenvalue weighted by Gasteiger charge is -2.37. The Morgan fingerprint density at radius 2 is 2.00 bits per heavy atom. The highest BCUT2D eigenvalue weighted by Crippen LogP contribution is 2.31. The molecular weight excluding hydrogens is 368 g/mol. The second-order valence-electron chi connectivity index (χ2n) is 7.19. The Bertz CT molecular complexity index is 889. The van der Waals surface area contributed by atoms with E-state index < -0.39 is 0 Å². The molecule has 0 atom stereocenters. The first-order valence-corrected chi connectivity index (χ1v) is 10.2. The van der Waals surface area contributed by atoms with Gasteiger partial charge in [0.2, 0.25) is 11.6 Å². The SMILES string of the molecule is O=C1c2ccsc2C(=O)c2c1n[nH][n+]2CCCN1CCC2(CC1)OCCO2. The van der Waals surface area contributed by atoms with Crippen molar-refractivity contribution in [2.75, 3.05) is 32.8 Å². The number of aromatic nitrogens is 3. The number of piperidine rings is 1. The van der Waals surface area contributed by atoms with Crippen molar-refractivity contribution in [1.29, 1.82) is 0 Å². The van der Waals surface area contributed by atoms with Crippen LogP contribution >= 0.6 is 11.3 Å². The van der Waals surface area contributed by atoms with Crippen molar-refractivity contribution in [3.63, 3.8) is 0 Å². The lowest BCUT2D eigenvalue weighted by molar-refractivity contribution is -0.755. The number of thiophene rings is 1. The molecule has 2 fully saturated rings. The molecule has 2 saturated heterocycles.